The van der Waals surface area contributed by atoms with E-state index in [1.165, 1.54) is 12.6 Å². The summed E-state index contributed by atoms with van der Waals surface area (Å²) in [5.41, 5.74) is 2.43. The first-order valence-corrected chi connectivity index (χ1v) is 11.6. The van der Waals surface area contributed by atoms with Crippen LogP contribution in [-0.4, -0.2) is 43.7 Å². The van der Waals surface area contributed by atoms with Crippen LogP contribution in [0.15, 0.2) is 48.8 Å². The fraction of sp³-hybridized carbons (Fsp3) is 0.273. The molecule has 0 saturated heterocycles. The Kier molecular flexibility index (Phi) is 7.22. The summed E-state index contributed by atoms with van der Waals surface area (Å²) in [6.45, 7) is 1.17. The fourth-order valence-corrected chi connectivity index (χ4v) is 3.36. The Labute approximate surface area is 176 Å². The molecular weight excluding hydrogens is 400 g/mol. The van der Waals surface area contributed by atoms with Gasteiger partial charge >= 0.3 is 0 Å². The number of aromatic nitrogens is 2. The summed E-state index contributed by atoms with van der Waals surface area (Å²) in [7, 11) is -2.98. The Balaban J connectivity index is 1.61. The molecular formula is C22H24N4O3S. The number of terminal acetylenes is 1. The van der Waals surface area contributed by atoms with E-state index in [-0.39, 0.29) is 5.88 Å². The van der Waals surface area contributed by atoms with Gasteiger partial charge in [0.05, 0.1) is 18.0 Å². The summed E-state index contributed by atoms with van der Waals surface area (Å²) >= 11 is 0. The lowest BCUT2D eigenvalue weighted by Crippen LogP contribution is -2.23. The number of fused-ring (bicyclic) bond motifs is 1. The van der Waals surface area contributed by atoms with E-state index in [0.717, 1.165) is 40.7 Å². The van der Waals surface area contributed by atoms with Crippen molar-refractivity contribution in [2.24, 2.45) is 0 Å². The molecule has 2 aromatic carbocycles. The van der Waals surface area contributed by atoms with Gasteiger partial charge in [-0.05, 0) is 55.8 Å². The molecule has 0 unspecified atom stereocenters. The zero-order valence-corrected chi connectivity index (χ0v) is 17.6. The van der Waals surface area contributed by atoms with Crippen LogP contribution in [0.4, 0.5) is 11.5 Å². The monoisotopic (exact) mass is 424 g/mol. The number of anilines is 2. The number of nitrogens with one attached hydrogen (secondary N) is 2. The first-order valence-electron chi connectivity index (χ1n) is 9.54. The van der Waals surface area contributed by atoms with Crippen molar-refractivity contribution in [2.45, 2.75) is 12.8 Å². The Morgan fingerprint density at radius 1 is 1.13 bits per heavy atom. The topological polar surface area (TPSA) is 93.2 Å². The lowest BCUT2D eigenvalue weighted by atomic mass is 10.2. The van der Waals surface area contributed by atoms with Crippen molar-refractivity contribution in [1.82, 2.24) is 15.3 Å². The third-order valence-electron chi connectivity index (χ3n) is 4.28. The summed E-state index contributed by atoms with van der Waals surface area (Å²) in [5.74, 6) is 4.01. The molecule has 0 fully saturated rings. The predicted octanol–water partition coefficient (Wildman–Crippen LogP) is 3.11. The molecule has 0 atom stereocenters. The third kappa shape index (κ3) is 6.44. The van der Waals surface area contributed by atoms with Crippen LogP contribution in [0.25, 0.3) is 10.9 Å². The minimum absolute atomic E-state index is 0.00143. The highest BCUT2D eigenvalue weighted by Crippen LogP contribution is 2.27. The summed E-state index contributed by atoms with van der Waals surface area (Å²) in [5, 5.41) is 7.04. The molecule has 7 nitrogen and oxygen atoms in total. The normalized spacial score (nSPS) is 11.2. The third-order valence-corrected chi connectivity index (χ3v) is 5.01. The maximum Gasteiger partial charge on any atom is 0.160 e. The van der Waals surface area contributed by atoms with Crippen molar-refractivity contribution < 1.29 is 13.2 Å². The van der Waals surface area contributed by atoms with Gasteiger partial charge in [0.1, 0.15) is 17.9 Å². The highest BCUT2D eigenvalue weighted by molar-refractivity contribution is 7.90. The summed E-state index contributed by atoms with van der Waals surface area (Å²) in [6, 6.07) is 13.2. The van der Waals surface area contributed by atoms with E-state index in [2.05, 4.69) is 26.5 Å². The zero-order chi connectivity index (χ0) is 21.4. The summed E-state index contributed by atoms with van der Waals surface area (Å²) < 4.78 is 28.0. The molecule has 156 valence electrons. The fourth-order valence-electron chi connectivity index (χ4n) is 2.85. The standard InChI is InChI=1S/C22H24N4O3S/c1-3-17-7-6-8-18(13-17)26-22-20-14-19(9-10-21(20)24-15-25-22)29-12-5-4-11-23-16-30(2,27)28/h1,6-10,13-15,23H,4-5,11-12,16H2,2H3,(H,24,25,26). The van der Waals surface area contributed by atoms with Crippen molar-refractivity contribution in [3.8, 4) is 18.1 Å². The average Bonchev–Trinajstić information content (AvgIpc) is 2.73. The Hall–Kier alpha value is -3.15. The van der Waals surface area contributed by atoms with Crippen molar-refractivity contribution in [3.63, 3.8) is 0 Å². The van der Waals surface area contributed by atoms with E-state index < -0.39 is 9.84 Å². The molecule has 8 heteroatoms. The minimum Gasteiger partial charge on any atom is -0.494 e. The number of ether oxygens (including phenoxy) is 1. The van der Waals surface area contributed by atoms with Gasteiger partial charge in [-0.25, -0.2) is 18.4 Å². The highest BCUT2D eigenvalue weighted by atomic mass is 32.2. The maximum absolute atomic E-state index is 11.1. The molecule has 0 saturated carbocycles. The zero-order valence-electron chi connectivity index (χ0n) is 16.8. The van der Waals surface area contributed by atoms with Gasteiger partial charge in [-0.15, -0.1) is 6.42 Å². The molecule has 0 amide bonds. The molecule has 3 rings (SSSR count). The Bertz CT molecular complexity index is 1160. The van der Waals surface area contributed by atoms with Gasteiger partial charge in [-0.2, -0.15) is 0 Å². The van der Waals surface area contributed by atoms with E-state index in [9.17, 15) is 8.42 Å². The van der Waals surface area contributed by atoms with E-state index >= 15 is 0 Å². The molecule has 0 bridgehead atoms. The van der Waals surface area contributed by atoms with Crippen LogP contribution in [0.1, 0.15) is 18.4 Å². The number of rotatable bonds is 10. The van der Waals surface area contributed by atoms with Gasteiger partial charge in [-0.3, -0.25) is 0 Å². The molecule has 30 heavy (non-hydrogen) atoms. The number of hydrogen-bond acceptors (Lipinski definition) is 7. The number of hydrogen-bond donors (Lipinski definition) is 2. The van der Waals surface area contributed by atoms with Gasteiger partial charge < -0.3 is 15.4 Å². The second-order valence-electron chi connectivity index (χ2n) is 6.88. The van der Waals surface area contributed by atoms with Crippen LogP contribution in [0.5, 0.6) is 5.75 Å². The number of sulfone groups is 1. The van der Waals surface area contributed by atoms with E-state index in [0.29, 0.717) is 19.0 Å². The van der Waals surface area contributed by atoms with Gasteiger partial charge in [0.15, 0.2) is 9.84 Å². The molecule has 0 radical (unpaired) electrons. The second-order valence-corrected chi connectivity index (χ2v) is 9.02. The molecule has 1 heterocycles. The van der Waals surface area contributed by atoms with Crippen LogP contribution >= 0.6 is 0 Å². The second kappa shape index (κ2) is 10.1. The largest absolute Gasteiger partial charge is 0.494 e. The van der Waals surface area contributed by atoms with Crippen LogP contribution in [-0.2, 0) is 9.84 Å². The summed E-state index contributed by atoms with van der Waals surface area (Å²) in [6.07, 6.45) is 9.83. The molecule has 0 aliphatic heterocycles. The van der Waals surface area contributed by atoms with Crippen molar-refractivity contribution in [1.29, 1.82) is 0 Å². The van der Waals surface area contributed by atoms with E-state index in [4.69, 9.17) is 11.2 Å². The van der Waals surface area contributed by atoms with Crippen LogP contribution in [0.2, 0.25) is 0 Å². The molecule has 3 aromatic rings. The molecule has 2 N–H and O–H groups in total. The molecule has 0 spiro atoms. The van der Waals surface area contributed by atoms with Crippen molar-refractivity contribution in [2.75, 3.05) is 30.6 Å². The predicted molar refractivity (Wildman–Crippen MR) is 120 cm³/mol. The lowest BCUT2D eigenvalue weighted by Gasteiger charge is -2.11. The van der Waals surface area contributed by atoms with Crippen LogP contribution in [0, 0.1) is 12.3 Å². The quantitative estimate of drug-likeness (QED) is 0.382. The first-order chi connectivity index (χ1) is 14.4. The van der Waals surface area contributed by atoms with Gasteiger partial charge in [0.2, 0.25) is 0 Å². The summed E-state index contributed by atoms with van der Waals surface area (Å²) in [4.78, 5) is 8.67. The number of benzene rings is 2. The molecule has 0 aliphatic rings. The maximum atomic E-state index is 11.1. The van der Waals surface area contributed by atoms with E-state index in [1.807, 2.05) is 42.5 Å². The smallest absolute Gasteiger partial charge is 0.160 e. The van der Waals surface area contributed by atoms with Crippen molar-refractivity contribution >= 4 is 32.2 Å². The SMILES string of the molecule is C#Cc1cccc(Nc2ncnc3ccc(OCCCCNCS(C)(=O)=O)cc23)c1. The van der Waals surface area contributed by atoms with Gasteiger partial charge in [-0.1, -0.05) is 12.0 Å². The lowest BCUT2D eigenvalue weighted by molar-refractivity contribution is 0.306. The van der Waals surface area contributed by atoms with Gasteiger partial charge in [0, 0.05) is 22.9 Å². The molecule has 1 aromatic heterocycles. The highest BCUT2D eigenvalue weighted by Gasteiger charge is 2.07. The average molecular weight is 425 g/mol. The number of nitrogens with zero attached hydrogens (tertiary/aromatic N) is 2. The van der Waals surface area contributed by atoms with Crippen molar-refractivity contribution in [3.05, 3.63) is 54.4 Å². The van der Waals surface area contributed by atoms with Crippen LogP contribution < -0.4 is 15.4 Å². The van der Waals surface area contributed by atoms with Gasteiger partial charge in [0.25, 0.3) is 0 Å². The minimum atomic E-state index is -2.98. The first kappa shape index (κ1) is 21.6. The number of unbranched alkanes of at least 4 members (excludes halogenated alkanes) is 1. The van der Waals surface area contributed by atoms with Crippen LogP contribution in [0.3, 0.4) is 0 Å². The molecule has 0 aliphatic carbocycles. The Morgan fingerprint density at radius 2 is 2.00 bits per heavy atom. The van der Waals surface area contributed by atoms with E-state index in [1.54, 1.807) is 0 Å². The Morgan fingerprint density at radius 3 is 2.80 bits per heavy atom.